The largest absolute Gasteiger partial charge is 0.338 e. The highest BCUT2D eigenvalue weighted by molar-refractivity contribution is 7.90. The molecule has 0 aliphatic carbocycles. The number of amides is 1. The number of sulfone groups is 1. The highest BCUT2D eigenvalue weighted by Crippen LogP contribution is 2.35. The van der Waals surface area contributed by atoms with Crippen LogP contribution in [-0.4, -0.2) is 50.7 Å². The van der Waals surface area contributed by atoms with Gasteiger partial charge in [-0.25, -0.2) is 22.8 Å². The summed E-state index contributed by atoms with van der Waals surface area (Å²) >= 11 is 0. The molecule has 0 radical (unpaired) electrons. The molecule has 1 atom stereocenters. The van der Waals surface area contributed by atoms with Gasteiger partial charge in [0.05, 0.1) is 17.6 Å². The lowest BCUT2D eigenvalue weighted by molar-refractivity contribution is -0.123. The number of aromatic amines is 2. The van der Waals surface area contributed by atoms with Crippen molar-refractivity contribution in [2.45, 2.75) is 26.1 Å². The number of fused-ring (bicyclic) bond motifs is 2. The molecule has 224 valence electrons. The Morgan fingerprint density at radius 1 is 0.955 bits per heavy atom. The van der Waals surface area contributed by atoms with E-state index < -0.39 is 26.4 Å². The summed E-state index contributed by atoms with van der Waals surface area (Å²) in [6.45, 7) is 5.51. The number of anilines is 1. The maximum absolute atomic E-state index is 14.7. The number of nitrogens with two attached hydrogens (primary N) is 1. The van der Waals surface area contributed by atoms with Gasteiger partial charge in [0.1, 0.15) is 22.5 Å². The first-order valence-electron chi connectivity index (χ1n) is 13.6. The Labute approximate surface area is 252 Å². The lowest BCUT2D eigenvalue weighted by Gasteiger charge is -2.17. The fourth-order valence-electron chi connectivity index (χ4n) is 4.84. The highest BCUT2D eigenvalue weighted by atomic mass is 32.2. The van der Waals surface area contributed by atoms with Gasteiger partial charge in [0, 0.05) is 52.2 Å². The Kier molecular flexibility index (Phi) is 7.01. The number of aromatic nitrogens is 6. The second kappa shape index (κ2) is 10.6. The molecule has 0 aliphatic rings. The van der Waals surface area contributed by atoms with E-state index in [-0.39, 0.29) is 11.5 Å². The van der Waals surface area contributed by atoms with Crippen molar-refractivity contribution in [2.24, 2.45) is 11.1 Å². The average Bonchev–Trinajstić information content (AvgIpc) is 3.59. The van der Waals surface area contributed by atoms with E-state index in [1.54, 1.807) is 36.9 Å². The van der Waals surface area contributed by atoms with Crippen LogP contribution >= 0.6 is 0 Å². The number of nitrogens with zero attached hydrogens (tertiary/aromatic N) is 4. The fourth-order valence-corrected chi connectivity index (χ4v) is 5.47. The molecule has 0 aliphatic heterocycles. The van der Waals surface area contributed by atoms with Crippen molar-refractivity contribution in [1.82, 2.24) is 30.1 Å². The van der Waals surface area contributed by atoms with E-state index in [2.05, 4.69) is 35.5 Å². The first-order valence-corrected chi connectivity index (χ1v) is 15.6. The number of nitrogens with one attached hydrogen (secondary N) is 3. The Morgan fingerprint density at radius 2 is 1.73 bits per heavy atom. The molecule has 1 unspecified atom stereocenters. The molecule has 1 amide bonds. The van der Waals surface area contributed by atoms with Crippen molar-refractivity contribution >= 4 is 43.5 Å². The number of pyridine rings is 3. The third-order valence-electron chi connectivity index (χ3n) is 7.23. The zero-order chi connectivity index (χ0) is 31.4. The number of carbonyl (C=O) groups excluding carboxylic acids is 1. The Hall–Kier alpha value is -5.01. The van der Waals surface area contributed by atoms with Crippen LogP contribution in [0.3, 0.4) is 0 Å². The maximum atomic E-state index is 14.7. The molecule has 0 saturated heterocycles. The molecule has 5 heterocycles. The van der Waals surface area contributed by atoms with Crippen LogP contribution in [0.25, 0.3) is 55.7 Å². The minimum absolute atomic E-state index is 0.123. The van der Waals surface area contributed by atoms with Crippen LogP contribution in [0.15, 0.2) is 67.3 Å². The summed E-state index contributed by atoms with van der Waals surface area (Å²) in [6, 6.07) is 11.4. The molecule has 1 aromatic carbocycles. The molecule has 5 aromatic heterocycles. The van der Waals surface area contributed by atoms with Crippen molar-refractivity contribution < 1.29 is 17.6 Å². The summed E-state index contributed by atoms with van der Waals surface area (Å²) in [6.07, 6.45) is 7.58. The van der Waals surface area contributed by atoms with Crippen LogP contribution in [0, 0.1) is 11.2 Å². The molecule has 0 saturated carbocycles. The molecule has 0 fully saturated rings. The van der Waals surface area contributed by atoms with Crippen molar-refractivity contribution in [3.05, 3.63) is 78.6 Å². The molecule has 0 spiro atoms. The van der Waals surface area contributed by atoms with Crippen LogP contribution in [0.2, 0.25) is 0 Å². The maximum Gasteiger partial charge on any atom is 0.229 e. The normalized spacial score (nSPS) is 13.0. The number of halogens is 1. The van der Waals surface area contributed by atoms with Crippen molar-refractivity contribution in [3.63, 3.8) is 0 Å². The van der Waals surface area contributed by atoms with Crippen LogP contribution in [-0.2, 0) is 14.6 Å². The van der Waals surface area contributed by atoms with E-state index in [0.717, 1.165) is 28.8 Å². The topological polar surface area (TPSA) is 172 Å². The van der Waals surface area contributed by atoms with Gasteiger partial charge in [-0.1, -0.05) is 20.8 Å². The summed E-state index contributed by atoms with van der Waals surface area (Å²) in [7, 11) is -3.65. The Morgan fingerprint density at radius 3 is 2.48 bits per heavy atom. The third kappa shape index (κ3) is 5.54. The van der Waals surface area contributed by atoms with E-state index in [1.807, 2.05) is 39.0 Å². The van der Waals surface area contributed by atoms with Crippen molar-refractivity contribution in [3.8, 4) is 33.6 Å². The predicted octanol–water partition coefficient (Wildman–Crippen LogP) is 5.36. The van der Waals surface area contributed by atoms with Gasteiger partial charge in [-0.3, -0.25) is 14.9 Å². The van der Waals surface area contributed by atoms with Gasteiger partial charge in [0.25, 0.3) is 0 Å². The van der Waals surface area contributed by atoms with E-state index >= 15 is 0 Å². The first-order chi connectivity index (χ1) is 20.8. The molecule has 0 bridgehead atoms. The Balaban J connectivity index is 1.40. The second-order valence-corrected chi connectivity index (χ2v) is 13.9. The predicted molar refractivity (Wildman–Crippen MR) is 167 cm³/mol. The van der Waals surface area contributed by atoms with E-state index in [1.165, 1.54) is 6.07 Å². The average molecular weight is 613 g/mol. The molecule has 44 heavy (non-hydrogen) atoms. The lowest BCUT2D eigenvalue weighted by Crippen LogP contribution is -2.27. The second-order valence-electron chi connectivity index (χ2n) is 11.7. The van der Waals surface area contributed by atoms with Gasteiger partial charge in [0.15, 0.2) is 15.5 Å². The van der Waals surface area contributed by atoms with Crippen LogP contribution in [0.5, 0.6) is 0 Å². The molecular weight excluding hydrogens is 583 g/mol. The van der Waals surface area contributed by atoms with Gasteiger partial charge in [-0.15, -0.1) is 0 Å². The highest BCUT2D eigenvalue weighted by Gasteiger charge is 2.22. The van der Waals surface area contributed by atoms with Crippen molar-refractivity contribution in [1.29, 1.82) is 0 Å². The number of rotatable bonds is 6. The van der Waals surface area contributed by atoms with Gasteiger partial charge >= 0.3 is 0 Å². The van der Waals surface area contributed by atoms with Gasteiger partial charge in [-0.05, 0) is 59.2 Å². The van der Waals surface area contributed by atoms with Gasteiger partial charge < -0.3 is 16.0 Å². The fraction of sp³-hybridized carbons (Fsp3) is 0.194. The number of H-pyrrole nitrogens is 2. The van der Waals surface area contributed by atoms with Gasteiger partial charge in [-0.2, -0.15) is 5.10 Å². The molecule has 6 aromatic rings. The number of carbonyl (C=O) groups is 1. The summed E-state index contributed by atoms with van der Waals surface area (Å²) < 4.78 is 38.8. The first kappa shape index (κ1) is 29.1. The van der Waals surface area contributed by atoms with E-state index in [9.17, 15) is 17.6 Å². The number of hydrogen-bond acceptors (Lipinski definition) is 8. The monoisotopic (exact) mass is 612 g/mol. The van der Waals surface area contributed by atoms with E-state index in [0.29, 0.717) is 44.9 Å². The zero-order valence-corrected chi connectivity index (χ0v) is 25.1. The lowest BCUT2D eigenvalue weighted by atomic mass is 9.95. The van der Waals surface area contributed by atoms with Gasteiger partial charge in [0.2, 0.25) is 5.91 Å². The van der Waals surface area contributed by atoms with Crippen LogP contribution < -0.4 is 11.1 Å². The Bertz CT molecular complexity index is 2180. The van der Waals surface area contributed by atoms with Crippen LogP contribution in [0.1, 0.15) is 31.7 Å². The molecule has 5 N–H and O–H groups in total. The summed E-state index contributed by atoms with van der Waals surface area (Å²) in [4.78, 5) is 29.1. The zero-order valence-electron chi connectivity index (χ0n) is 24.3. The molecular formula is C31H29FN8O3S. The summed E-state index contributed by atoms with van der Waals surface area (Å²) in [5.74, 6) is -0.729. The quantitative estimate of drug-likeness (QED) is 0.195. The number of hydrogen-bond donors (Lipinski definition) is 4. The molecule has 11 nitrogen and oxygen atoms in total. The third-order valence-corrected chi connectivity index (χ3v) is 8.43. The minimum atomic E-state index is -3.65. The summed E-state index contributed by atoms with van der Waals surface area (Å²) in [5.41, 5.74) is 11.0. The van der Waals surface area contributed by atoms with Crippen molar-refractivity contribution in [2.75, 3.05) is 11.6 Å². The minimum Gasteiger partial charge on any atom is -0.338 e. The van der Waals surface area contributed by atoms with Crippen LogP contribution in [0.4, 0.5) is 10.1 Å². The SMILES string of the molecule is CC(C)(C)C(=O)Nc1cncc(-c2cnc3[nH]nc(-c4cc5c(-c6cc(F)cc(C(N)S(C)(=O)=O)c6)ccnc5[nH]4)c3c2)c1. The number of benzene rings is 1. The molecule has 13 heteroatoms. The molecule has 6 rings (SSSR count). The smallest absolute Gasteiger partial charge is 0.229 e. The summed E-state index contributed by atoms with van der Waals surface area (Å²) in [5, 5.41) is 10.4. The standard InChI is InChI=1S/C31H29FN8O3S/c1-31(2,3)30(41)37-21-10-18(13-34-15-21)19-11-24-26(39-40-29(24)36-14-19)25-12-23-22(5-6-35-28(23)38-25)16-7-17(9-20(32)8-16)27(33)44(4,42)43/h5-15,27H,33H2,1-4H3,(H,35,38)(H,37,41)(H,36,39,40). The van der Waals surface area contributed by atoms with E-state index in [4.69, 9.17) is 5.73 Å².